The molecule has 0 unspecified atom stereocenters. The minimum absolute atomic E-state index is 0.180. The Morgan fingerprint density at radius 3 is 2.91 bits per heavy atom. The highest BCUT2D eigenvalue weighted by atomic mass is 19.4. The number of nitrogens with one attached hydrogen (secondary N) is 1. The van der Waals surface area contributed by atoms with Gasteiger partial charge in [0.1, 0.15) is 0 Å². The van der Waals surface area contributed by atoms with Crippen LogP contribution < -0.4 is 5.32 Å². The largest absolute Gasteiger partial charge is 0.416 e. The number of rotatable bonds is 3. The highest BCUT2D eigenvalue weighted by Gasteiger charge is 2.30. The Bertz CT molecular complexity index is 648. The molecule has 0 bridgehead atoms. The van der Waals surface area contributed by atoms with E-state index in [1.165, 1.54) is 6.07 Å². The first kappa shape index (κ1) is 15.9. The maximum atomic E-state index is 12.8. The van der Waals surface area contributed by atoms with E-state index in [0.717, 1.165) is 44.7 Å². The first-order chi connectivity index (χ1) is 11.0. The number of nitrogens with zero attached hydrogens (tertiary/aromatic N) is 3. The van der Waals surface area contributed by atoms with Crippen LogP contribution in [0, 0.1) is 0 Å². The molecule has 5 nitrogen and oxygen atoms in total. The maximum Gasteiger partial charge on any atom is 0.416 e. The fraction of sp³-hybridized carbons (Fsp3) is 0.467. The van der Waals surface area contributed by atoms with Crippen LogP contribution in [0.3, 0.4) is 0 Å². The number of aromatic nitrogens is 2. The van der Waals surface area contributed by atoms with Crippen molar-refractivity contribution in [3.8, 4) is 11.4 Å². The number of alkyl halides is 3. The van der Waals surface area contributed by atoms with Crippen molar-refractivity contribution >= 4 is 0 Å². The minimum atomic E-state index is -4.39. The van der Waals surface area contributed by atoms with Gasteiger partial charge >= 0.3 is 6.18 Å². The number of halogens is 3. The van der Waals surface area contributed by atoms with Gasteiger partial charge in [0.15, 0.2) is 0 Å². The molecule has 0 spiro atoms. The summed E-state index contributed by atoms with van der Waals surface area (Å²) in [6.45, 7) is 4.19. The van der Waals surface area contributed by atoms with Gasteiger partial charge in [-0.15, -0.1) is 0 Å². The number of hydrogen-bond donors (Lipinski definition) is 1. The summed E-state index contributed by atoms with van der Waals surface area (Å²) in [6.07, 6.45) is -3.35. The lowest BCUT2D eigenvalue weighted by atomic mass is 10.1. The van der Waals surface area contributed by atoms with Gasteiger partial charge in [0.25, 0.3) is 0 Å². The van der Waals surface area contributed by atoms with E-state index in [-0.39, 0.29) is 5.82 Å². The van der Waals surface area contributed by atoms with Crippen molar-refractivity contribution in [2.45, 2.75) is 19.1 Å². The molecule has 8 heteroatoms. The van der Waals surface area contributed by atoms with Crippen molar-refractivity contribution in [3.05, 3.63) is 35.7 Å². The van der Waals surface area contributed by atoms with Crippen LogP contribution in [0.5, 0.6) is 0 Å². The van der Waals surface area contributed by atoms with E-state index in [0.29, 0.717) is 18.0 Å². The molecule has 0 amide bonds. The Morgan fingerprint density at radius 1 is 1.22 bits per heavy atom. The van der Waals surface area contributed by atoms with Crippen LogP contribution in [-0.2, 0) is 12.7 Å². The van der Waals surface area contributed by atoms with E-state index in [9.17, 15) is 13.2 Å². The first-order valence-corrected chi connectivity index (χ1v) is 7.46. The molecule has 0 saturated carbocycles. The summed E-state index contributed by atoms with van der Waals surface area (Å²) in [5.74, 6) is 0.596. The van der Waals surface area contributed by atoms with Crippen molar-refractivity contribution in [2.24, 2.45) is 0 Å². The molecular weight excluding hydrogens is 309 g/mol. The molecule has 1 aliphatic rings. The summed E-state index contributed by atoms with van der Waals surface area (Å²) < 4.78 is 43.5. The van der Waals surface area contributed by atoms with Gasteiger partial charge in [-0.25, -0.2) is 0 Å². The number of benzene rings is 1. The summed E-state index contributed by atoms with van der Waals surface area (Å²) in [7, 11) is 0. The van der Waals surface area contributed by atoms with Gasteiger partial charge in [-0.05, 0) is 31.6 Å². The molecule has 1 saturated heterocycles. The summed E-state index contributed by atoms with van der Waals surface area (Å²) >= 11 is 0. The fourth-order valence-corrected chi connectivity index (χ4v) is 2.52. The van der Waals surface area contributed by atoms with Crippen molar-refractivity contribution in [3.63, 3.8) is 0 Å². The lowest BCUT2D eigenvalue weighted by molar-refractivity contribution is -0.137. The summed E-state index contributed by atoms with van der Waals surface area (Å²) in [5.41, 5.74) is -0.424. The third kappa shape index (κ3) is 4.08. The van der Waals surface area contributed by atoms with Gasteiger partial charge in [0, 0.05) is 18.7 Å². The third-order valence-corrected chi connectivity index (χ3v) is 3.71. The van der Waals surface area contributed by atoms with E-state index in [1.807, 2.05) is 0 Å². The van der Waals surface area contributed by atoms with E-state index < -0.39 is 11.7 Å². The molecule has 1 aromatic carbocycles. The van der Waals surface area contributed by atoms with Crippen LogP contribution >= 0.6 is 0 Å². The quantitative estimate of drug-likeness (QED) is 0.939. The Hall–Kier alpha value is -1.93. The molecule has 1 aromatic heterocycles. The molecule has 23 heavy (non-hydrogen) atoms. The summed E-state index contributed by atoms with van der Waals surface area (Å²) in [4.78, 5) is 6.41. The number of hydrogen-bond acceptors (Lipinski definition) is 5. The first-order valence-electron chi connectivity index (χ1n) is 7.46. The normalized spacial score (nSPS) is 17.2. The van der Waals surface area contributed by atoms with Crippen LogP contribution in [0.4, 0.5) is 13.2 Å². The average molecular weight is 326 g/mol. The van der Waals surface area contributed by atoms with E-state index in [4.69, 9.17) is 4.52 Å². The zero-order valence-electron chi connectivity index (χ0n) is 12.4. The summed E-state index contributed by atoms with van der Waals surface area (Å²) in [5, 5.41) is 7.10. The Labute approximate surface area is 131 Å². The molecule has 1 aliphatic heterocycles. The third-order valence-electron chi connectivity index (χ3n) is 3.71. The predicted octanol–water partition coefficient (Wildman–Crippen LogP) is 2.55. The maximum absolute atomic E-state index is 12.8. The van der Waals surface area contributed by atoms with Gasteiger partial charge < -0.3 is 9.84 Å². The molecule has 2 aromatic rings. The van der Waals surface area contributed by atoms with Gasteiger partial charge in [0.05, 0.1) is 12.1 Å². The molecule has 0 radical (unpaired) electrons. The van der Waals surface area contributed by atoms with Crippen molar-refractivity contribution in [1.82, 2.24) is 20.4 Å². The molecule has 2 heterocycles. The highest BCUT2D eigenvalue weighted by molar-refractivity contribution is 5.55. The topological polar surface area (TPSA) is 54.2 Å². The molecule has 3 rings (SSSR count). The lowest BCUT2D eigenvalue weighted by Crippen LogP contribution is -2.27. The van der Waals surface area contributed by atoms with Gasteiger partial charge in [-0.2, -0.15) is 18.2 Å². The van der Waals surface area contributed by atoms with E-state index in [2.05, 4.69) is 20.4 Å². The standard InChI is InChI=1S/C15H17F3N4O/c16-15(17,18)12-4-1-3-11(9-12)14-20-13(23-21-14)10-22-7-2-5-19-6-8-22/h1,3-4,9,19H,2,5-8,10H2. The molecular formula is C15H17F3N4O. The van der Waals surface area contributed by atoms with Gasteiger partial charge in [0.2, 0.25) is 11.7 Å². The zero-order chi connectivity index (χ0) is 16.3. The Balaban J connectivity index is 1.74. The second-order valence-electron chi connectivity index (χ2n) is 5.47. The SMILES string of the molecule is FC(F)(F)c1cccc(-c2noc(CN3CCCNCC3)n2)c1. The fourth-order valence-electron chi connectivity index (χ4n) is 2.52. The molecule has 1 N–H and O–H groups in total. The smallest absolute Gasteiger partial charge is 0.338 e. The van der Waals surface area contributed by atoms with Crippen molar-refractivity contribution < 1.29 is 17.7 Å². The predicted molar refractivity (Wildman–Crippen MR) is 77.5 cm³/mol. The molecule has 0 aliphatic carbocycles. The molecule has 1 fully saturated rings. The average Bonchev–Trinajstić information content (AvgIpc) is 2.83. The van der Waals surface area contributed by atoms with Crippen LogP contribution in [0.25, 0.3) is 11.4 Å². The Morgan fingerprint density at radius 2 is 2.09 bits per heavy atom. The Kier molecular flexibility index (Phi) is 4.63. The second kappa shape index (κ2) is 6.67. The van der Waals surface area contributed by atoms with Crippen molar-refractivity contribution in [1.29, 1.82) is 0 Å². The van der Waals surface area contributed by atoms with Crippen LogP contribution in [-0.4, -0.2) is 41.2 Å². The summed E-state index contributed by atoms with van der Waals surface area (Å²) in [6, 6.07) is 4.94. The van der Waals surface area contributed by atoms with Gasteiger partial charge in [-0.3, -0.25) is 4.90 Å². The van der Waals surface area contributed by atoms with E-state index >= 15 is 0 Å². The van der Waals surface area contributed by atoms with Gasteiger partial charge in [-0.1, -0.05) is 17.3 Å². The molecule has 0 atom stereocenters. The monoisotopic (exact) mass is 326 g/mol. The minimum Gasteiger partial charge on any atom is -0.338 e. The highest BCUT2D eigenvalue weighted by Crippen LogP contribution is 2.31. The van der Waals surface area contributed by atoms with Crippen LogP contribution in [0.15, 0.2) is 28.8 Å². The van der Waals surface area contributed by atoms with Crippen LogP contribution in [0.1, 0.15) is 17.9 Å². The van der Waals surface area contributed by atoms with Crippen molar-refractivity contribution in [2.75, 3.05) is 26.2 Å². The second-order valence-corrected chi connectivity index (χ2v) is 5.47. The van der Waals surface area contributed by atoms with Crippen LogP contribution in [0.2, 0.25) is 0 Å². The van der Waals surface area contributed by atoms with E-state index in [1.54, 1.807) is 6.07 Å². The molecule has 124 valence electrons. The lowest BCUT2D eigenvalue weighted by Gasteiger charge is -2.16. The zero-order valence-corrected chi connectivity index (χ0v) is 12.4.